The Morgan fingerprint density at radius 2 is 1.59 bits per heavy atom. The minimum absolute atomic E-state index is 0.121. The number of benzene rings is 2. The zero-order valence-electron chi connectivity index (χ0n) is 19.8. The molecule has 0 saturated heterocycles. The van der Waals surface area contributed by atoms with Crippen molar-refractivity contribution in [3.63, 3.8) is 0 Å². The van der Waals surface area contributed by atoms with Crippen LogP contribution in [0.5, 0.6) is 0 Å². The van der Waals surface area contributed by atoms with E-state index in [0.29, 0.717) is 16.7 Å². The molecule has 1 aromatic heterocycles. The Balaban J connectivity index is 1.40. The standard InChI is InChI=1S/C27H31ClN4O2/c1-27(2,3)34-26(33)31-22-14-12-21(13-15-22)30-25-29-17-23(28)24(32-25)20-11-7-10-19(16-20)18-8-5-4-6-9-18/h4-11,16-17,21-22H,12-15H2,1-3H3,(H,31,33)(H,29,30,32). The zero-order chi connectivity index (χ0) is 24.1. The third-order valence-corrected chi connectivity index (χ3v) is 6.05. The summed E-state index contributed by atoms with van der Waals surface area (Å²) in [5, 5.41) is 6.95. The predicted octanol–water partition coefficient (Wildman–Crippen LogP) is 6.71. The summed E-state index contributed by atoms with van der Waals surface area (Å²) in [5.41, 5.74) is 3.41. The van der Waals surface area contributed by atoms with Crippen LogP contribution < -0.4 is 10.6 Å². The van der Waals surface area contributed by atoms with Crippen LogP contribution in [-0.4, -0.2) is 33.7 Å². The summed E-state index contributed by atoms with van der Waals surface area (Å²) in [6.45, 7) is 5.60. The molecule has 1 aliphatic carbocycles. The van der Waals surface area contributed by atoms with Crippen molar-refractivity contribution in [1.82, 2.24) is 15.3 Å². The number of nitrogens with zero attached hydrogens (tertiary/aromatic N) is 2. The fraction of sp³-hybridized carbons (Fsp3) is 0.370. The Hall–Kier alpha value is -3.12. The Morgan fingerprint density at radius 3 is 2.29 bits per heavy atom. The van der Waals surface area contributed by atoms with Crippen molar-refractivity contribution in [3.8, 4) is 22.4 Å². The fourth-order valence-electron chi connectivity index (χ4n) is 4.15. The van der Waals surface area contributed by atoms with Crippen molar-refractivity contribution in [2.45, 2.75) is 64.1 Å². The number of hydrogen-bond donors (Lipinski definition) is 2. The first-order valence-electron chi connectivity index (χ1n) is 11.7. The number of halogens is 1. The van der Waals surface area contributed by atoms with Gasteiger partial charge in [0.05, 0.1) is 16.9 Å². The van der Waals surface area contributed by atoms with Gasteiger partial charge in [0.25, 0.3) is 0 Å². The molecule has 3 aromatic rings. The fourth-order valence-corrected chi connectivity index (χ4v) is 4.35. The topological polar surface area (TPSA) is 76.1 Å². The minimum Gasteiger partial charge on any atom is -0.444 e. The van der Waals surface area contributed by atoms with E-state index in [1.165, 1.54) is 0 Å². The number of rotatable bonds is 5. The minimum atomic E-state index is -0.493. The van der Waals surface area contributed by atoms with Gasteiger partial charge in [0, 0.05) is 17.6 Å². The Bertz CT molecular complexity index is 1120. The maximum Gasteiger partial charge on any atom is 0.407 e. The molecule has 2 N–H and O–H groups in total. The lowest BCUT2D eigenvalue weighted by molar-refractivity contribution is 0.0492. The van der Waals surface area contributed by atoms with Crippen LogP contribution in [0.15, 0.2) is 60.8 Å². The van der Waals surface area contributed by atoms with Crippen molar-refractivity contribution >= 4 is 23.6 Å². The summed E-state index contributed by atoms with van der Waals surface area (Å²) in [6.07, 6.45) is 4.85. The third-order valence-electron chi connectivity index (χ3n) is 5.77. The zero-order valence-corrected chi connectivity index (χ0v) is 20.6. The highest BCUT2D eigenvalue weighted by Gasteiger charge is 2.25. The van der Waals surface area contributed by atoms with Gasteiger partial charge in [0.1, 0.15) is 5.60 Å². The Labute approximate surface area is 206 Å². The van der Waals surface area contributed by atoms with Crippen LogP contribution in [-0.2, 0) is 4.74 Å². The molecule has 0 bridgehead atoms. The second-order valence-electron chi connectivity index (χ2n) is 9.68. The highest BCUT2D eigenvalue weighted by Crippen LogP contribution is 2.30. The van der Waals surface area contributed by atoms with E-state index in [4.69, 9.17) is 21.3 Å². The number of amides is 1. The van der Waals surface area contributed by atoms with Crippen molar-refractivity contribution in [1.29, 1.82) is 0 Å². The van der Waals surface area contributed by atoms with E-state index in [1.54, 1.807) is 6.20 Å². The lowest BCUT2D eigenvalue weighted by Gasteiger charge is -2.30. The third kappa shape index (κ3) is 6.48. The molecule has 34 heavy (non-hydrogen) atoms. The van der Waals surface area contributed by atoms with Crippen LogP contribution in [0.2, 0.25) is 5.02 Å². The maximum atomic E-state index is 12.0. The number of nitrogens with one attached hydrogen (secondary N) is 2. The number of anilines is 1. The van der Waals surface area contributed by atoms with Crippen LogP contribution >= 0.6 is 11.6 Å². The first-order chi connectivity index (χ1) is 16.3. The highest BCUT2D eigenvalue weighted by molar-refractivity contribution is 6.32. The summed E-state index contributed by atoms with van der Waals surface area (Å²) in [4.78, 5) is 21.2. The molecule has 1 heterocycles. The smallest absolute Gasteiger partial charge is 0.407 e. The molecule has 4 rings (SSSR count). The van der Waals surface area contributed by atoms with E-state index in [0.717, 1.165) is 42.4 Å². The summed E-state index contributed by atoms with van der Waals surface area (Å²) in [6, 6.07) is 18.8. The monoisotopic (exact) mass is 478 g/mol. The van der Waals surface area contributed by atoms with Gasteiger partial charge >= 0.3 is 6.09 Å². The molecule has 0 aliphatic heterocycles. The molecule has 0 radical (unpaired) electrons. The Kier molecular flexibility index (Phi) is 7.37. The summed E-state index contributed by atoms with van der Waals surface area (Å²) in [5.74, 6) is 0.563. The molecule has 0 unspecified atom stereocenters. The van der Waals surface area contributed by atoms with Crippen molar-refractivity contribution in [3.05, 3.63) is 65.8 Å². The van der Waals surface area contributed by atoms with Crippen molar-refractivity contribution in [2.75, 3.05) is 5.32 Å². The van der Waals surface area contributed by atoms with Gasteiger partial charge in [-0.1, -0.05) is 60.1 Å². The predicted molar refractivity (Wildman–Crippen MR) is 137 cm³/mol. The first kappa shape index (κ1) is 24.0. The van der Waals surface area contributed by atoms with Crippen molar-refractivity contribution in [2.24, 2.45) is 0 Å². The van der Waals surface area contributed by atoms with Crippen LogP contribution in [0.4, 0.5) is 10.7 Å². The quantitative estimate of drug-likeness (QED) is 0.426. The summed E-state index contributed by atoms with van der Waals surface area (Å²) < 4.78 is 5.37. The van der Waals surface area contributed by atoms with Gasteiger partial charge in [0.15, 0.2) is 0 Å². The van der Waals surface area contributed by atoms with Crippen LogP contribution in [0, 0.1) is 0 Å². The molecule has 6 nitrogen and oxygen atoms in total. The second-order valence-corrected chi connectivity index (χ2v) is 10.1. The number of aromatic nitrogens is 2. The summed E-state index contributed by atoms with van der Waals surface area (Å²) in [7, 11) is 0. The molecular weight excluding hydrogens is 448 g/mol. The van der Waals surface area contributed by atoms with Gasteiger partial charge in [-0.15, -0.1) is 0 Å². The molecule has 178 valence electrons. The van der Waals surface area contributed by atoms with Gasteiger partial charge in [-0.05, 0) is 63.6 Å². The number of alkyl carbamates (subject to hydrolysis) is 1. The molecule has 1 amide bonds. The largest absolute Gasteiger partial charge is 0.444 e. The highest BCUT2D eigenvalue weighted by atomic mass is 35.5. The summed E-state index contributed by atoms with van der Waals surface area (Å²) >= 11 is 6.48. The lowest BCUT2D eigenvalue weighted by atomic mass is 9.91. The van der Waals surface area contributed by atoms with Gasteiger partial charge in [-0.3, -0.25) is 0 Å². The molecule has 0 atom stereocenters. The maximum absolute atomic E-state index is 12.0. The van der Waals surface area contributed by atoms with E-state index in [-0.39, 0.29) is 18.2 Å². The normalized spacial score (nSPS) is 18.2. The number of carbonyl (C=O) groups is 1. The van der Waals surface area contributed by atoms with Gasteiger partial charge in [-0.25, -0.2) is 14.8 Å². The van der Waals surface area contributed by atoms with E-state index >= 15 is 0 Å². The Morgan fingerprint density at radius 1 is 0.941 bits per heavy atom. The van der Waals surface area contributed by atoms with E-state index in [1.807, 2.05) is 51.1 Å². The second kappa shape index (κ2) is 10.4. The van der Waals surface area contributed by atoms with E-state index < -0.39 is 5.60 Å². The number of ether oxygens (including phenoxy) is 1. The van der Waals surface area contributed by atoms with Crippen LogP contribution in [0.25, 0.3) is 22.4 Å². The van der Waals surface area contributed by atoms with Gasteiger partial charge in [-0.2, -0.15) is 0 Å². The molecule has 1 fully saturated rings. The molecular formula is C27H31ClN4O2. The SMILES string of the molecule is CC(C)(C)OC(=O)NC1CCC(Nc2ncc(Cl)c(-c3cccc(-c4ccccc4)c3)n2)CC1. The number of carbonyl (C=O) groups excluding carboxylic acids is 1. The first-order valence-corrected chi connectivity index (χ1v) is 12.1. The molecule has 7 heteroatoms. The van der Waals surface area contributed by atoms with E-state index in [9.17, 15) is 4.79 Å². The lowest BCUT2D eigenvalue weighted by Crippen LogP contribution is -2.42. The van der Waals surface area contributed by atoms with Gasteiger partial charge in [0.2, 0.25) is 5.95 Å². The molecule has 1 aliphatic rings. The van der Waals surface area contributed by atoms with Crippen molar-refractivity contribution < 1.29 is 9.53 Å². The van der Waals surface area contributed by atoms with Gasteiger partial charge < -0.3 is 15.4 Å². The van der Waals surface area contributed by atoms with Crippen LogP contribution in [0.3, 0.4) is 0 Å². The molecule has 1 saturated carbocycles. The molecule has 2 aromatic carbocycles. The van der Waals surface area contributed by atoms with Crippen LogP contribution in [0.1, 0.15) is 46.5 Å². The average Bonchev–Trinajstić information content (AvgIpc) is 2.81. The number of hydrogen-bond acceptors (Lipinski definition) is 5. The average molecular weight is 479 g/mol. The van der Waals surface area contributed by atoms with E-state index in [2.05, 4.69) is 39.9 Å². The molecule has 0 spiro atoms.